The first kappa shape index (κ1) is 19.2. The van der Waals surface area contributed by atoms with Crippen LogP contribution >= 0.6 is 24.4 Å². The van der Waals surface area contributed by atoms with Crippen LogP contribution in [0.4, 0.5) is 0 Å². The number of hydrazone groups is 2. The monoisotopic (exact) mass is 377 g/mol. The Bertz CT molecular complexity index is 681. The van der Waals surface area contributed by atoms with Crippen LogP contribution < -0.4 is 21.5 Å². The van der Waals surface area contributed by atoms with Crippen LogP contribution in [0.3, 0.4) is 0 Å². The maximum Gasteiger partial charge on any atom is 0.186 e. The summed E-state index contributed by atoms with van der Waals surface area (Å²) in [5, 5.41) is 15.6. The van der Waals surface area contributed by atoms with Crippen molar-refractivity contribution in [1.29, 1.82) is 0 Å². The summed E-state index contributed by atoms with van der Waals surface area (Å²) in [5.74, 6) is 0. The largest absolute Gasteiger partial charge is 0.364 e. The zero-order chi connectivity index (χ0) is 18.3. The van der Waals surface area contributed by atoms with Gasteiger partial charge in [0.15, 0.2) is 10.2 Å². The van der Waals surface area contributed by atoms with Crippen molar-refractivity contribution in [2.45, 2.75) is 31.6 Å². The molecular formula is C16H23N7S2. The minimum Gasteiger partial charge on any atom is -0.364 e. The predicted molar refractivity (Wildman–Crippen MR) is 110 cm³/mol. The van der Waals surface area contributed by atoms with E-state index in [1.54, 1.807) is 26.5 Å². The zero-order valence-electron chi connectivity index (χ0n) is 14.6. The van der Waals surface area contributed by atoms with E-state index in [0.717, 1.165) is 30.7 Å². The fourth-order valence-electron chi connectivity index (χ4n) is 2.80. The molecule has 1 saturated carbocycles. The third-order valence-electron chi connectivity index (χ3n) is 4.28. The molecule has 9 heteroatoms. The molecule has 7 nitrogen and oxygen atoms in total. The van der Waals surface area contributed by atoms with Crippen LogP contribution in [0.2, 0.25) is 0 Å². The number of aromatic nitrogens is 1. The Kier molecular flexibility index (Phi) is 6.77. The van der Waals surface area contributed by atoms with Crippen LogP contribution in [0.1, 0.15) is 31.7 Å². The van der Waals surface area contributed by atoms with Gasteiger partial charge in [0.2, 0.25) is 0 Å². The van der Waals surface area contributed by atoms with Crippen molar-refractivity contribution in [3.8, 4) is 0 Å². The summed E-state index contributed by atoms with van der Waals surface area (Å²) in [6.07, 6.45) is 6.73. The van der Waals surface area contributed by atoms with E-state index in [9.17, 15) is 0 Å². The van der Waals surface area contributed by atoms with E-state index in [0.29, 0.717) is 10.2 Å². The van der Waals surface area contributed by atoms with E-state index in [2.05, 4.69) is 36.7 Å². The second-order valence-corrected chi connectivity index (χ2v) is 6.53. The third kappa shape index (κ3) is 4.49. The fourth-order valence-corrected chi connectivity index (χ4v) is 2.90. The molecule has 0 bridgehead atoms. The first-order valence-corrected chi connectivity index (χ1v) is 8.84. The summed E-state index contributed by atoms with van der Waals surface area (Å²) < 4.78 is 0. The Morgan fingerprint density at radius 1 is 1.04 bits per heavy atom. The van der Waals surface area contributed by atoms with Crippen LogP contribution in [0.15, 0.2) is 34.7 Å². The lowest BCUT2D eigenvalue weighted by Gasteiger charge is -2.43. The van der Waals surface area contributed by atoms with Gasteiger partial charge in [-0.05, 0) is 61.9 Å². The van der Waals surface area contributed by atoms with Gasteiger partial charge in [0.25, 0.3) is 0 Å². The van der Waals surface area contributed by atoms with Crippen molar-refractivity contribution in [2.24, 2.45) is 10.2 Å². The van der Waals surface area contributed by atoms with Crippen LogP contribution in [0.25, 0.3) is 0 Å². The molecule has 2 rings (SSSR count). The quantitative estimate of drug-likeness (QED) is 0.351. The molecule has 0 radical (unpaired) electrons. The van der Waals surface area contributed by atoms with E-state index >= 15 is 0 Å². The SMILES string of the molecule is CNC(=S)N/N=C(C)/C(=N/NC(=S)NC)C1(c2ccncc2)CCC1. The lowest BCUT2D eigenvalue weighted by Crippen LogP contribution is -2.47. The smallest absolute Gasteiger partial charge is 0.186 e. The van der Waals surface area contributed by atoms with E-state index in [-0.39, 0.29) is 5.41 Å². The molecule has 0 aromatic carbocycles. The second-order valence-electron chi connectivity index (χ2n) is 5.71. The van der Waals surface area contributed by atoms with Gasteiger partial charge < -0.3 is 10.6 Å². The molecule has 0 atom stereocenters. The summed E-state index contributed by atoms with van der Waals surface area (Å²) in [7, 11) is 3.49. The number of thiocarbonyl (C=S) groups is 2. The Hall–Kier alpha value is -2.13. The van der Waals surface area contributed by atoms with E-state index in [1.165, 1.54) is 5.56 Å². The molecule has 0 saturated heterocycles. The molecule has 0 aliphatic heterocycles. The number of rotatable bonds is 5. The highest BCUT2D eigenvalue weighted by molar-refractivity contribution is 7.80. The van der Waals surface area contributed by atoms with Crippen molar-refractivity contribution in [1.82, 2.24) is 26.5 Å². The van der Waals surface area contributed by atoms with Crippen LogP contribution in [-0.4, -0.2) is 40.7 Å². The molecule has 1 fully saturated rings. The number of nitrogens with zero attached hydrogens (tertiary/aromatic N) is 3. The average molecular weight is 378 g/mol. The highest BCUT2D eigenvalue weighted by Crippen LogP contribution is 2.45. The number of hydrogen-bond acceptors (Lipinski definition) is 5. The highest BCUT2D eigenvalue weighted by atomic mass is 32.1. The molecule has 0 spiro atoms. The molecule has 1 aromatic heterocycles. The van der Waals surface area contributed by atoms with Crippen molar-refractivity contribution in [3.05, 3.63) is 30.1 Å². The van der Waals surface area contributed by atoms with Gasteiger partial charge >= 0.3 is 0 Å². The molecule has 1 heterocycles. The van der Waals surface area contributed by atoms with E-state index < -0.39 is 0 Å². The topological polar surface area (TPSA) is 85.7 Å². The first-order valence-electron chi connectivity index (χ1n) is 8.02. The Balaban J connectivity index is 2.40. The van der Waals surface area contributed by atoms with Gasteiger partial charge in [0.05, 0.1) is 11.4 Å². The Morgan fingerprint density at radius 2 is 1.60 bits per heavy atom. The van der Waals surface area contributed by atoms with Crippen LogP contribution in [0, 0.1) is 0 Å². The lowest BCUT2D eigenvalue weighted by atomic mass is 9.61. The van der Waals surface area contributed by atoms with Gasteiger partial charge in [0.1, 0.15) is 0 Å². The molecule has 25 heavy (non-hydrogen) atoms. The molecule has 134 valence electrons. The van der Waals surface area contributed by atoms with Crippen molar-refractivity contribution >= 4 is 46.1 Å². The van der Waals surface area contributed by atoms with Crippen molar-refractivity contribution in [3.63, 3.8) is 0 Å². The van der Waals surface area contributed by atoms with Gasteiger partial charge in [-0.25, -0.2) is 0 Å². The molecule has 1 aliphatic rings. The molecule has 0 unspecified atom stereocenters. The summed E-state index contributed by atoms with van der Waals surface area (Å²) in [5.41, 5.74) is 8.29. The normalized spacial score (nSPS) is 16.4. The maximum absolute atomic E-state index is 5.15. The van der Waals surface area contributed by atoms with Crippen molar-refractivity contribution < 1.29 is 0 Å². The maximum atomic E-state index is 5.15. The number of nitrogens with one attached hydrogen (secondary N) is 4. The summed E-state index contributed by atoms with van der Waals surface area (Å²) in [6.45, 7) is 1.91. The molecule has 1 aliphatic carbocycles. The van der Waals surface area contributed by atoms with Gasteiger partial charge in [-0.15, -0.1) is 0 Å². The molecular weight excluding hydrogens is 354 g/mol. The van der Waals surface area contributed by atoms with Crippen LogP contribution in [0.5, 0.6) is 0 Å². The van der Waals surface area contributed by atoms with Gasteiger partial charge in [-0.2, -0.15) is 10.2 Å². The standard InChI is InChI=1S/C16H23N7S2/c1-11(20-22-14(24)17-2)13(21-23-15(25)18-3)16(7-4-8-16)12-5-9-19-10-6-12/h5-6,9-10H,4,7-8H2,1-3H3,(H2,17,22,24)(H2,18,23,25)/b20-11+,21-13-. The predicted octanol–water partition coefficient (Wildman–Crippen LogP) is 1.42. The highest BCUT2D eigenvalue weighted by Gasteiger charge is 2.44. The summed E-state index contributed by atoms with van der Waals surface area (Å²) in [4.78, 5) is 4.13. The van der Waals surface area contributed by atoms with Crippen LogP contribution in [-0.2, 0) is 5.41 Å². The molecule has 1 aromatic rings. The Labute approximate surface area is 158 Å². The van der Waals surface area contributed by atoms with Gasteiger partial charge in [-0.3, -0.25) is 15.8 Å². The second kappa shape index (κ2) is 8.82. The van der Waals surface area contributed by atoms with Gasteiger partial charge in [-0.1, -0.05) is 6.42 Å². The number of pyridine rings is 1. The third-order valence-corrected chi connectivity index (χ3v) is 4.88. The first-order chi connectivity index (χ1) is 12.0. The minimum atomic E-state index is -0.199. The number of hydrogen-bond donors (Lipinski definition) is 4. The lowest BCUT2D eigenvalue weighted by molar-refractivity contribution is 0.342. The van der Waals surface area contributed by atoms with E-state index in [4.69, 9.17) is 24.4 Å². The molecule has 4 N–H and O–H groups in total. The summed E-state index contributed by atoms with van der Waals surface area (Å²) in [6, 6.07) is 4.06. The zero-order valence-corrected chi connectivity index (χ0v) is 16.2. The van der Waals surface area contributed by atoms with Gasteiger partial charge in [0, 0.05) is 31.9 Å². The average Bonchev–Trinajstić information content (AvgIpc) is 2.61. The Morgan fingerprint density at radius 3 is 2.08 bits per heavy atom. The fraction of sp³-hybridized carbons (Fsp3) is 0.438. The molecule has 0 amide bonds. The summed E-state index contributed by atoms with van der Waals surface area (Å²) >= 11 is 10.2. The van der Waals surface area contributed by atoms with E-state index in [1.807, 2.05) is 19.1 Å². The minimum absolute atomic E-state index is 0.199. The van der Waals surface area contributed by atoms with Crippen molar-refractivity contribution in [2.75, 3.05) is 14.1 Å².